The van der Waals surface area contributed by atoms with E-state index in [9.17, 15) is 4.79 Å². The van der Waals surface area contributed by atoms with Gasteiger partial charge < -0.3 is 14.8 Å². The summed E-state index contributed by atoms with van der Waals surface area (Å²) in [5.74, 6) is 3.83. The lowest BCUT2D eigenvalue weighted by atomic mass is 10.1. The molecule has 2 aromatic rings. The van der Waals surface area contributed by atoms with Gasteiger partial charge in [-0.2, -0.15) is 0 Å². The average Bonchev–Trinajstić information content (AvgIpc) is 3.00. The minimum Gasteiger partial charge on any atom is -0.493 e. The summed E-state index contributed by atoms with van der Waals surface area (Å²) in [6.45, 7) is 5.76. The molecule has 1 N–H and O–H groups in total. The molecular formula is C19H22N2O3S. The van der Waals surface area contributed by atoms with Crippen molar-refractivity contribution >= 4 is 17.2 Å². The van der Waals surface area contributed by atoms with E-state index in [0.29, 0.717) is 22.1 Å². The first-order valence-corrected chi connectivity index (χ1v) is 8.69. The van der Waals surface area contributed by atoms with E-state index in [1.807, 2.05) is 39.0 Å². The Kier molecular flexibility index (Phi) is 6.05. The van der Waals surface area contributed by atoms with Crippen LogP contribution in [0.15, 0.2) is 18.2 Å². The molecule has 25 heavy (non-hydrogen) atoms. The molecule has 0 aliphatic rings. The number of aromatic nitrogens is 1. The standard InChI is InChI=1S/C19H22N2O3S/c1-7-14(11(2)3)21-18(22)17-12(4)20-19(25-17)13-8-9-15(23-5)16(10-13)24-6/h1,8-11,14H,2-6H3,(H,21,22)/t14-/m1/s1. The normalized spacial score (nSPS) is 11.7. The third-order valence-electron chi connectivity index (χ3n) is 3.77. The number of thiazole rings is 1. The molecule has 6 heteroatoms. The van der Waals surface area contributed by atoms with Crippen molar-refractivity contribution in [2.24, 2.45) is 5.92 Å². The summed E-state index contributed by atoms with van der Waals surface area (Å²) >= 11 is 1.33. The van der Waals surface area contributed by atoms with E-state index in [2.05, 4.69) is 16.2 Å². The molecule has 1 atom stereocenters. The molecule has 1 heterocycles. The van der Waals surface area contributed by atoms with Crippen LogP contribution in [-0.4, -0.2) is 31.2 Å². The molecule has 0 spiro atoms. The Labute approximate surface area is 152 Å². The molecule has 0 aliphatic heterocycles. The molecule has 0 fully saturated rings. The number of hydrogen-bond donors (Lipinski definition) is 1. The van der Waals surface area contributed by atoms with Gasteiger partial charge >= 0.3 is 0 Å². The molecule has 1 amide bonds. The molecule has 0 bridgehead atoms. The van der Waals surface area contributed by atoms with Gasteiger partial charge in [-0.1, -0.05) is 19.8 Å². The van der Waals surface area contributed by atoms with E-state index >= 15 is 0 Å². The molecule has 0 aliphatic carbocycles. The van der Waals surface area contributed by atoms with Gasteiger partial charge in [0.1, 0.15) is 9.88 Å². The van der Waals surface area contributed by atoms with Gasteiger partial charge in [0.05, 0.1) is 26.0 Å². The lowest BCUT2D eigenvalue weighted by Crippen LogP contribution is -2.37. The van der Waals surface area contributed by atoms with Crippen LogP contribution in [0.25, 0.3) is 10.6 Å². The molecule has 0 radical (unpaired) electrons. The van der Waals surface area contributed by atoms with E-state index in [0.717, 1.165) is 10.6 Å². The van der Waals surface area contributed by atoms with Crippen LogP contribution in [0.2, 0.25) is 0 Å². The molecule has 0 saturated carbocycles. The number of hydrogen-bond acceptors (Lipinski definition) is 5. The van der Waals surface area contributed by atoms with E-state index < -0.39 is 0 Å². The fraction of sp³-hybridized carbons (Fsp3) is 0.368. The molecule has 5 nitrogen and oxygen atoms in total. The Balaban J connectivity index is 2.31. The van der Waals surface area contributed by atoms with E-state index in [4.69, 9.17) is 15.9 Å². The van der Waals surface area contributed by atoms with Crippen molar-refractivity contribution in [3.8, 4) is 34.4 Å². The first-order chi connectivity index (χ1) is 11.9. The fourth-order valence-electron chi connectivity index (χ4n) is 2.31. The summed E-state index contributed by atoms with van der Waals surface area (Å²) in [6.07, 6.45) is 5.49. The highest BCUT2D eigenvalue weighted by Gasteiger charge is 2.20. The van der Waals surface area contributed by atoms with Crippen molar-refractivity contribution in [2.75, 3.05) is 14.2 Å². The van der Waals surface area contributed by atoms with Crippen molar-refractivity contribution in [1.82, 2.24) is 10.3 Å². The second-order valence-corrected chi connectivity index (χ2v) is 6.86. The number of amides is 1. The molecule has 2 rings (SSSR count). The maximum atomic E-state index is 12.5. The molecule has 1 aromatic carbocycles. The number of carbonyl (C=O) groups excluding carboxylic acids is 1. The average molecular weight is 358 g/mol. The van der Waals surface area contributed by atoms with Gasteiger partial charge in [0.25, 0.3) is 5.91 Å². The SMILES string of the molecule is C#C[C@@H](NC(=O)c1sc(-c2ccc(OC)c(OC)c2)nc1C)C(C)C. The first kappa shape index (κ1) is 18.8. The number of nitrogens with zero attached hydrogens (tertiary/aromatic N) is 1. The van der Waals surface area contributed by atoms with Crippen LogP contribution in [0.4, 0.5) is 0 Å². The molecule has 132 valence electrons. The van der Waals surface area contributed by atoms with Crippen LogP contribution in [0.1, 0.15) is 29.2 Å². The Morgan fingerprint density at radius 3 is 2.52 bits per heavy atom. The number of ether oxygens (including phenoxy) is 2. The number of benzene rings is 1. The second-order valence-electron chi connectivity index (χ2n) is 5.87. The predicted octanol–water partition coefficient (Wildman–Crippen LogP) is 3.52. The van der Waals surface area contributed by atoms with Gasteiger partial charge in [0.2, 0.25) is 0 Å². The monoisotopic (exact) mass is 358 g/mol. The Morgan fingerprint density at radius 2 is 1.96 bits per heavy atom. The summed E-state index contributed by atoms with van der Waals surface area (Å²) < 4.78 is 10.6. The first-order valence-electron chi connectivity index (χ1n) is 7.88. The Bertz CT molecular complexity index is 805. The van der Waals surface area contributed by atoms with Crippen molar-refractivity contribution < 1.29 is 14.3 Å². The summed E-state index contributed by atoms with van der Waals surface area (Å²) in [5, 5.41) is 3.62. The maximum absolute atomic E-state index is 12.5. The summed E-state index contributed by atoms with van der Waals surface area (Å²) in [5.41, 5.74) is 1.54. The minimum absolute atomic E-state index is 0.160. The molecular weight excluding hydrogens is 336 g/mol. The maximum Gasteiger partial charge on any atom is 0.264 e. The smallest absolute Gasteiger partial charge is 0.264 e. The van der Waals surface area contributed by atoms with Crippen LogP contribution in [0.3, 0.4) is 0 Å². The predicted molar refractivity (Wildman–Crippen MR) is 100 cm³/mol. The van der Waals surface area contributed by atoms with Gasteiger partial charge in [-0.15, -0.1) is 17.8 Å². The lowest BCUT2D eigenvalue weighted by molar-refractivity contribution is 0.0941. The molecule has 0 saturated heterocycles. The van der Waals surface area contributed by atoms with E-state index in [1.165, 1.54) is 11.3 Å². The fourth-order valence-corrected chi connectivity index (χ4v) is 3.27. The Hall–Kier alpha value is -2.52. The number of aryl methyl sites for hydroxylation is 1. The molecule has 0 unspecified atom stereocenters. The quantitative estimate of drug-likeness (QED) is 0.803. The zero-order valence-corrected chi connectivity index (χ0v) is 15.9. The van der Waals surface area contributed by atoms with Crippen LogP contribution in [-0.2, 0) is 0 Å². The van der Waals surface area contributed by atoms with Crippen molar-refractivity contribution in [1.29, 1.82) is 0 Å². The number of nitrogens with one attached hydrogen (secondary N) is 1. The van der Waals surface area contributed by atoms with Crippen molar-refractivity contribution in [2.45, 2.75) is 26.8 Å². The van der Waals surface area contributed by atoms with Gasteiger partial charge in [-0.25, -0.2) is 4.98 Å². The highest BCUT2D eigenvalue weighted by molar-refractivity contribution is 7.17. The highest BCUT2D eigenvalue weighted by Crippen LogP contribution is 2.35. The van der Waals surface area contributed by atoms with Crippen LogP contribution in [0.5, 0.6) is 11.5 Å². The van der Waals surface area contributed by atoms with Crippen LogP contribution >= 0.6 is 11.3 Å². The third-order valence-corrected chi connectivity index (χ3v) is 4.97. The zero-order chi connectivity index (χ0) is 18.6. The summed E-state index contributed by atoms with van der Waals surface area (Å²) in [4.78, 5) is 17.6. The highest BCUT2D eigenvalue weighted by atomic mass is 32.1. The zero-order valence-electron chi connectivity index (χ0n) is 15.0. The largest absolute Gasteiger partial charge is 0.493 e. The van der Waals surface area contributed by atoms with Gasteiger partial charge in [-0.3, -0.25) is 4.79 Å². The topological polar surface area (TPSA) is 60.5 Å². The number of carbonyl (C=O) groups is 1. The van der Waals surface area contributed by atoms with E-state index in [-0.39, 0.29) is 17.9 Å². The molecule has 1 aromatic heterocycles. The second kappa shape index (κ2) is 8.04. The third kappa shape index (κ3) is 4.12. The van der Waals surface area contributed by atoms with Crippen LogP contribution < -0.4 is 14.8 Å². The van der Waals surface area contributed by atoms with Gasteiger partial charge in [-0.05, 0) is 31.0 Å². The number of terminal acetylenes is 1. The van der Waals surface area contributed by atoms with E-state index in [1.54, 1.807) is 14.2 Å². The van der Waals surface area contributed by atoms with Gasteiger partial charge in [0.15, 0.2) is 11.5 Å². The Morgan fingerprint density at radius 1 is 1.28 bits per heavy atom. The van der Waals surface area contributed by atoms with Crippen molar-refractivity contribution in [3.63, 3.8) is 0 Å². The number of methoxy groups -OCH3 is 2. The van der Waals surface area contributed by atoms with Crippen molar-refractivity contribution in [3.05, 3.63) is 28.8 Å². The van der Waals surface area contributed by atoms with Gasteiger partial charge in [0, 0.05) is 5.56 Å². The number of rotatable bonds is 6. The summed E-state index contributed by atoms with van der Waals surface area (Å²) in [6, 6.07) is 5.24. The summed E-state index contributed by atoms with van der Waals surface area (Å²) in [7, 11) is 3.17. The lowest BCUT2D eigenvalue weighted by Gasteiger charge is -2.15. The minimum atomic E-state index is -0.307. The van der Waals surface area contributed by atoms with Crippen LogP contribution in [0, 0.1) is 25.2 Å².